The van der Waals surface area contributed by atoms with Crippen molar-refractivity contribution in [2.75, 3.05) is 0 Å². The second kappa shape index (κ2) is 3.34. The minimum absolute atomic E-state index is 1.14. The number of benzene rings is 2. The fourth-order valence-corrected chi connectivity index (χ4v) is 2.96. The van der Waals surface area contributed by atoms with E-state index in [4.69, 9.17) is 0 Å². The van der Waals surface area contributed by atoms with Gasteiger partial charge in [0.2, 0.25) is 0 Å². The summed E-state index contributed by atoms with van der Waals surface area (Å²) in [6.45, 7) is 0. The molecule has 60 valence electrons. The molecule has 0 spiro atoms. The normalized spacial score (nSPS) is 10.5. The molecule has 0 aliphatic heterocycles. The largest absolute Gasteiger partial charge is 0.0616 e. The van der Waals surface area contributed by atoms with E-state index < -0.39 is 0 Å². The Labute approximate surface area is 93.2 Å². The summed E-state index contributed by atoms with van der Waals surface area (Å²) in [5.41, 5.74) is 0. The molecule has 2 rings (SSSR count). The fourth-order valence-electron chi connectivity index (χ4n) is 1.23. The molecule has 0 unspecified atom stereocenters. The Balaban J connectivity index is 2.89. The van der Waals surface area contributed by atoms with Crippen LogP contribution in [0.25, 0.3) is 10.8 Å². The van der Waals surface area contributed by atoms with Crippen LogP contribution in [0.1, 0.15) is 0 Å². The van der Waals surface area contributed by atoms with E-state index in [9.17, 15) is 0 Å². The standard InChI is InChI=1S/C10H6BrI/c11-8-5-7-3-1-2-4-9(7)10(12)6-8/h1-6H. The molecule has 0 fully saturated rings. The molecule has 0 aliphatic carbocycles. The van der Waals surface area contributed by atoms with Gasteiger partial charge in [0.25, 0.3) is 0 Å². The van der Waals surface area contributed by atoms with E-state index >= 15 is 0 Å². The first-order valence-corrected chi connectivity index (χ1v) is 5.48. The van der Waals surface area contributed by atoms with Gasteiger partial charge in [0.1, 0.15) is 0 Å². The van der Waals surface area contributed by atoms with Gasteiger partial charge in [-0.05, 0) is 45.5 Å². The molecule has 0 atom stereocenters. The fraction of sp³-hybridized carbons (Fsp3) is 0. The first kappa shape index (κ1) is 8.51. The summed E-state index contributed by atoms with van der Waals surface area (Å²) in [6.07, 6.45) is 0. The highest BCUT2D eigenvalue weighted by Gasteiger charge is 1.98. The van der Waals surface area contributed by atoms with E-state index in [1.807, 2.05) is 0 Å². The maximum absolute atomic E-state index is 3.48. The molecule has 0 bridgehead atoms. The van der Waals surface area contributed by atoms with Crippen LogP contribution in [0.15, 0.2) is 40.9 Å². The van der Waals surface area contributed by atoms with Crippen LogP contribution in [0.4, 0.5) is 0 Å². The summed E-state index contributed by atoms with van der Waals surface area (Å²) >= 11 is 5.83. The van der Waals surface area contributed by atoms with Gasteiger partial charge in [-0.25, -0.2) is 0 Å². The van der Waals surface area contributed by atoms with Crippen molar-refractivity contribution in [1.82, 2.24) is 0 Å². The molecule has 0 radical (unpaired) electrons. The lowest BCUT2D eigenvalue weighted by atomic mass is 10.1. The van der Waals surface area contributed by atoms with Crippen molar-refractivity contribution in [3.05, 3.63) is 44.4 Å². The third-order valence-electron chi connectivity index (χ3n) is 1.78. The van der Waals surface area contributed by atoms with Gasteiger partial charge in [0, 0.05) is 8.04 Å². The first-order chi connectivity index (χ1) is 5.77. The van der Waals surface area contributed by atoms with Gasteiger partial charge in [0.05, 0.1) is 0 Å². The zero-order chi connectivity index (χ0) is 8.55. The van der Waals surface area contributed by atoms with E-state index in [2.05, 4.69) is 74.9 Å². The van der Waals surface area contributed by atoms with E-state index in [1.165, 1.54) is 14.3 Å². The molecule has 0 nitrogen and oxygen atoms in total. The molecule has 0 aliphatic rings. The van der Waals surface area contributed by atoms with Crippen LogP contribution in [0, 0.1) is 3.57 Å². The van der Waals surface area contributed by atoms with Crippen LogP contribution in [0.3, 0.4) is 0 Å². The maximum Gasteiger partial charge on any atom is 0.0220 e. The van der Waals surface area contributed by atoms with Gasteiger partial charge in [-0.15, -0.1) is 0 Å². The lowest BCUT2D eigenvalue weighted by molar-refractivity contribution is 1.66. The molecule has 0 saturated carbocycles. The molecule has 2 heteroatoms. The van der Waals surface area contributed by atoms with E-state index in [1.54, 1.807) is 0 Å². The molecule has 0 amide bonds. The molecular formula is C10H6BrI. The second-order valence-electron chi connectivity index (χ2n) is 2.61. The number of fused-ring (bicyclic) bond motifs is 1. The van der Waals surface area contributed by atoms with E-state index in [-0.39, 0.29) is 0 Å². The predicted molar refractivity (Wildman–Crippen MR) is 64.4 cm³/mol. The van der Waals surface area contributed by atoms with Crippen molar-refractivity contribution in [2.45, 2.75) is 0 Å². The van der Waals surface area contributed by atoms with Crippen molar-refractivity contribution in [3.8, 4) is 0 Å². The highest BCUT2D eigenvalue weighted by molar-refractivity contribution is 14.1. The van der Waals surface area contributed by atoms with E-state index in [0.29, 0.717) is 0 Å². The van der Waals surface area contributed by atoms with Crippen LogP contribution < -0.4 is 0 Å². The van der Waals surface area contributed by atoms with Crippen molar-refractivity contribution in [2.24, 2.45) is 0 Å². The number of halogens is 2. The topological polar surface area (TPSA) is 0 Å². The lowest BCUT2D eigenvalue weighted by Crippen LogP contribution is -1.77. The first-order valence-electron chi connectivity index (χ1n) is 3.61. The third-order valence-corrected chi connectivity index (χ3v) is 3.13. The van der Waals surface area contributed by atoms with Gasteiger partial charge >= 0.3 is 0 Å². The monoisotopic (exact) mass is 332 g/mol. The van der Waals surface area contributed by atoms with E-state index in [0.717, 1.165) is 4.47 Å². The second-order valence-corrected chi connectivity index (χ2v) is 4.69. The smallest absolute Gasteiger partial charge is 0.0220 e. The molecule has 12 heavy (non-hydrogen) atoms. The molecule has 2 aromatic rings. The number of hydrogen-bond donors (Lipinski definition) is 0. The molecular weight excluding hydrogens is 327 g/mol. The summed E-state index contributed by atoms with van der Waals surface area (Å²) in [5, 5.41) is 2.61. The van der Waals surface area contributed by atoms with Gasteiger partial charge < -0.3 is 0 Å². The van der Waals surface area contributed by atoms with Crippen molar-refractivity contribution < 1.29 is 0 Å². The number of hydrogen-bond acceptors (Lipinski definition) is 0. The van der Waals surface area contributed by atoms with Crippen LogP contribution in [0.2, 0.25) is 0 Å². The average molecular weight is 333 g/mol. The molecule has 0 N–H and O–H groups in total. The summed E-state index contributed by atoms with van der Waals surface area (Å²) < 4.78 is 2.43. The Bertz CT molecular complexity index is 423. The summed E-state index contributed by atoms with van der Waals surface area (Å²) in [4.78, 5) is 0. The maximum atomic E-state index is 3.48. The zero-order valence-corrected chi connectivity index (χ0v) is 9.96. The Hall–Kier alpha value is -0.0900. The lowest BCUT2D eigenvalue weighted by Gasteiger charge is -2.00. The summed E-state index contributed by atoms with van der Waals surface area (Å²) in [7, 11) is 0. The highest BCUT2D eigenvalue weighted by atomic mass is 127. The van der Waals surface area contributed by atoms with Crippen molar-refractivity contribution in [1.29, 1.82) is 0 Å². The van der Waals surface area contributed by atoms with Crippen LogP contribution in [0.5, 0.6) is 0 Å². The van der Waals surface area contributed by atoms with Crippen LogP contribution in [-0.2, 0) is 0 Å². The highest BCUT2D eigenvalue weighted by Crippen LogP contribution is 2.24. The minimum Gasteiger partial charge on any atom is -0.0616 e. The third kappa shape index (κ3) is 1.50. The Kier molecular flexibility index (Phi) is 2.37. The van der Waals surface area contributed by atoms with Gasteiger partial charge in [-0.1, -0.05) is 40.2 Å². The Morgan fingerprint density at radius 2 is 1.83 bits per heavy atom. The summed E-state index contributed by atoms with van der Waals surface area (Å²) in [5.74, 6) is 0. The summed E-state index contributed by atoms with van der Waals surface area (Å²) in [6, 6.07) is 12.7. The SMILES string of the molecule is Brc1cc(I)c2ccccc2c1. The van der Waals surface area contributed by atoms with Crippen LogP contribution in [-0.4, -0.2) is 0 Å². The quantitative estimate of drug-likeness (QED) is 0.634. The van der Waals surface area contributed by atoms with Crippen molar-refractivity contribution in [3.63, 3.8) is 0 Å². The minimum atomic E-state index is 1.14. The van der Waals surface area contributed by atoms with Gasteiger partial charge in [-0.3, -0.25) is 0 Å². The average Bonchev–Trinajstić information content (AvgIpc) is 2.04. The number of rotatable bonds is 0. The molecule has 0 saturated heterocycles. The molecule has 2 aromatic carbocycles. The van der Waals surface area contributed by atoms with Crippen molar-refractivity contribution >= 4 is 49.3 Å². The Morgan fingerprint density at radius 3 is 2.67 bits per heavy atom. The van der Waals surface area contributed by atoms with Gasteiger partial charge in [-0.2, -0.15) is 0 Å². The zero-order valence-electron chi connectivity index (χ0n) is 6.22. The van der Waals surface area contributed by atoms with Gasteiger partial charge in [0.15, 0.2) is 0 Å². The molecule has 0 heterocycles. The molecule has 0 aromatic heterocycles. The van der Waals surface area contributed by atoms with Crippen LogP contribution >= 0.6 is 38.5 Å². The predicted octanol–water partition coefficient (Wildman–Crippen LogP) is 4.21. The Morgan fingerprint density at radius 1 is 1.08 bits per heavy atom.